The summed E-state index contributed by atoms with van der Waals surface area (Å²) in [5.41, 5.74) is 1.07. The van der Waals surface area contributed by atoms with E-state index in [4.69, 9.17) is 16.3 Å². The van der Waals surface area contributed by atoms with Gasteiger partial charge in [-0.05, 0) is 36.3 Å². The number of halogens is 2. The molecule has 0 saturated heterocycles. The SMILES string of the molecule is O=Cc1c(Cl)cncc1OCC1CCCCC1c1ccccc1F. The highest BCUT2D eigenvalue weighted by molar-refractivity contribution is 6.33. The summed E-state index contributed by atoms with van der Waals surface area (Å²) in [5, 5.41) is 0.275. The topological polar surface area (TPSA) is 39.2 Å². The van der Waals surface area contributed by atoms with Crippen molar-refractivity contribution < 1.29 is 13.9 Å². The second-order valence-corrected chi connectivity index (χ2v) is 6.54. The molecule has 0 bridgehead atoms. The van der Waals surface area contributed by atoms with Crippen molar-refractivity contribution in [2.45, 2.75) is 31.6 Å². The number of hydrogen-bond donors (Lipinski definition) is 0. The summed E-state index contributed by atoms with van der Waals surface area (Å²) in [5.74, 6) is 0.559. The number of ether oxygens (including phenoxy) is 1. The van der Waals surface area contributed by atoms with Crippen molar-refractivity contribution in [3.05, 3.63) is 58.6 Å². The Kier molecular flexibility index (Phi) is 5.46. The third kappa shape index (κ3) is 3.59. The van der Waals surface area contributed by atoms with Crippen LogP contribution in [0.15, 0.2) is 36.7 Å². The Bertz CT molecular complexity index is 722. The third-order valence-electron chi connectivity index (χ3n) is 4.69. The molecule has 2 atom stereocenters. The highest BCUT2D eigenvalue weighted by atomic mass is 35.5. The zero-order valence-electron chi connectivity index (χ0n) is 13.3. The fraction of sp³-hybridized carbons (Fsp3) is 0.368. The maximum absolute atomic E-state index is 14.2. The van der Waals surface area contributed by atoms with E-state index in [0.29, 0.717) is 24.2 Å². The average Bonchev–Trinajstić information content (AvgIpc) is 2.61. The van der Waals surface area contributed by atoms with E-state index in [9.17, 15) is 9.18 Å². The van der Waals surface area contributed by atoms with Crippen LogP contribution in [0.2, 0.25) is 5.02 Å². The van der Waals surface area contributed by atoms with E-state index in [-0.39, 0.29) is 22.7 Å². The second kappa shape index (κ2) is 7.75. The number of hydrogen-bond acceptors (Lipinski definition) is 3. The number of rotatable bonds is 5. The molecule has 3 rings (SSSR count). The quantitative estimate of drug-likeness (QED) is 0.711. The molecule has 126 valence electrons. The smallest absolute Gasteiger partial charge is 0.155 e. The zero-order valence-corrected chi connectivity index (χ0v) is 14.0. The van der Waals surface area contributed by atoms with Crippen LogP contribution in [0.25, 0.3) is 0 Å². The molecule has 2 unspecified atom stereocenters. The van der Waals surface area contributed by atoms with Gasteiger partial charge in [0.2, 0.25) is 0 Å². The van der Waals surface area contributed by atoms with E-state index in [1.165, 1.54) is 18.5 Å². The molecule has 0 N–H and O–H groups in total. The van der Waals surface area contributed by atoms with E-state index < -0.39 is 0 Å². The van der Waals surface area contributed by atoms with Crippen molar-refractivity contribution in [3.63, 3.8) is 0 Å². The van der Waals surface area contributed by atoms with E-state index in [2.05, 4.69) is 4.98 Å². The Morgan fingerprint density at radius 1 is 1.25 bits per heavy atom. The molecule has 1 aromatic heterocycles. The summed E-state index contributed by atoms with van der Waals surface area (Å²) in [6, 6.07) is 6.95. The molecule has 3 nitrogen and oxygen atoms in total. The van der Waals surface area contributed by atoms with Crippen LogP contribution >= 0.6 is 11.6 Å². The monoisotopic (exact) mass is 347 g/mol. The van der Waals surface area contributed by atoms with E-state index in [1.54, 1.807) is 6.07 Å². The van der Waals surface area contributed by atoms with Crippen LogP contribution in [0.5, 0.6) is 5.75 Å². The molecular weight excluding hydrogens is 329 g/mol. The summed E-state index contributed by atoms with van der Waals surface area (Å²) >= 11 is 5.97. The summed E-state index contributed by atoms with van der Waals surface area (Å²) in [4.78, 5) is 15.2. The van der Waals surface area contributed by atoms with Gasteiger partial charge < -0.3 is 4.74 Å². The van der Waals surface area contributed by atoms with Crippen LogP contribution in [0.1, 0.15) is 47.5 Å². The lowest BCUT2D eigenvalue weighted by molar-refractivity contribution is 0.111. The predicted molar refractivity (Wildman–Crippen MR) is 91.2 cm³/mol. The first-order valence-electron chi connectivity index (χ1n) is 8.16. The van der Waals surface area contributed by atoms with Gasteiger partial charge in [0, 0.05) is 6.20 Å². The maximum atomic E-state index is 14.2. The minimum atomic E-state index is -0.160. The van der Waals surface area contributed by atoms with Crippen LogP contribution < -0.4 is 4.74 Å². The van der Waals surface area contributed by atoms with Crippen LogP contribution in [-0.4, -0.2) is 17.9 Å². The second-order valence-electron chi connectivity index (χ2n) is 6.13. The molecule has 0 radical (unpaired) electrons. The lowest BCUT2D eigenvalue weighted by Gasteiger charge is -2.32. The molecular formula is C19H19ClFNO2. The standard InChI is InChI=1S/C19H19ClFNO2/c20-17-9-22-10-19(16(17)11-23)24-12-13-5-1-2-6-14(13)15-7-3-4-8-18(15)21/h3-4,7-11,13-14H,1-2,5-6,12H2. The number of carbonyl (C=O) groups excluding carboxylic acids is 1. The average molecular weight is 348 g/mol. The Balaban J connectivity index is 1.77. The van der Waals surface area contributed by atoms with Gasteiger partial charge in [-0.1, -0.05) is 42.6 Å². The number of carbonyl (C=O) groups is 1. The number of nitrogens with zero attached hydrogens (tertiary/aromatic N) is 1. The Morgan fingerprint density at radius 3 is 2.83 bits per heavy atom. The molecule has 1 fully saturated rings. The van der Waals surface area contributed by atoms with Crippen molar-refractivity contribution in [3.8, 4) is 5.75 Å². The van der Waals surface area contributed by atoms with E-state index in [0.717, 1.165) is 31.2 Å². The van der Waals surface area contributed by atoms with Crippen molar-refractivity contribution in [2.24, 2.45) is 5.92 Å². The van der Waals surface area contributed by atoms with Gasteiger partial charge in [0.1, 0.15) is 11.6 Å². The molecule has 24 heavy (non-hydrogen) atoms. The van der Waals surface area contributed by atoms with Gasteiger partial charge in [0.15, 0.2) is 6.29 Å². The minimum absolute atomic E-state index is 0.131. The Labute approximate surface area is 145 Å². The molecule has 0 amide bonds. The summed E-state index contributed by atoms with van der Waals surface area (Å²) in [6.07, 6.45) is 7.71. The van der Waals surface area contributed by atoms with Crippen LogP contribution in [0.4, 0.5) is 4.39 Å². The van der Waals surface area contributed by atoms with E-state index in [1.807, 2.05) is 12.1 Å². The molecule has 1 aliphatic carbocycles. The van der Waals surface area contributed by atoms with Gasteiger partial charge in [0.25, 0.3) is 0 Å². The van der Waals surface area contributed by atoms with Gasteiger partial charge in [-0.25, -0.2) is 4.39 Å². The maximum Gasteiger partial charge on any atom is 0.155 e. The van der Waals surface area contributed by atoms with Gasteiger partial charge in [-0.2, -0.15) is 0 Å². The van der Waals surface area contributed by atoms with Crippen molar-refractivity contribution in [1.29, 1.82) is 0 Å². The zero-order chi connectivity index (χ0) is 16.9. The molecule has 0 spiro atoms. The first kappa shape index (κ1) is 16.9. The van der Waals surface area contributed by atoms with Crippen molar-refractivity contribution >= 4 is 17.9 Å². The fourth-order valence-electron chi connectivity index (χ4n) is 3.45. The van der Waals surface area contributed by atoms with Gasteiger partial charge >= 0.3 is 0 Å². The van der Waals surface area contributed by atoms with Crippen molar-refractivity contribution in [2.75, 3.05) is 6.61 Å². The fourth-order valence-corrected chi connectivity index (χ4v) is 3.64. The molecule has 0 aliphatic heterocycles. The Hall–Kier alpha value is -1.94. The van der Waals surface area contributed by atoms with E-state index >= 15 is 0 Å². The molecule has 2 aromatic rings. The number of aldehydes is 1. The highest BCUT2D eigenvalue weighted by Crippen LogP contribution is 2.39. The van der Waals surface area contributed by atoms with Gasteiger partial charge in [-0.15, -0.1) is 0 Å². The molecule has 1 heterocycles. The molecule has 1 aliphatic rings. The number of aromatic nitrogens is 1. The summed E-state index contributed by atoms with van der Waals surface area (Å²) in [6.45, 7) is 0.419. The predicted octanol–water partition coefficient (Wildman–Crippen LogP) is 5.04. The van der Waals surface area contributed by atoms with Crippen molar-refractivity contribution in [1.82, 2.24) is 4.98 Å². The first-order chi connectivity index (χ1) is 11.7. The minimum Gasteiger partial charge on any atom is -0.491 e. The van der Waals surface area contributed by atoms with Crippen LogP contribution in [0, 0.1) is 11.7 Å². The third-order valence-corrected chi connectivity index (χ3v) is 4.99. The lowest BCUT2D eigenvalue weighted by Crippen LogP contribution is -2.25. The molecule has 1 aromatic carbocycles. The summed E-state index contributed by atoms with van der Waals surface area (Å²) in [7, 11) is 0. The number of benzene rings is 1. The van der Waals surface area contributed by atoms with Crippen LogP contribution in [0.3, 0.4) is 0 Å². The van der Waals surface area contributed by atoms with Gasteiger partial charge in [-0.3, -0.25) is 9.78 Å². The molecule has 5 heteroatoms. The Morgan fingerprint density at radius 2 is 2.04 bits per heavy atom. The first-order valence-corrected chi connectivity index (χ1v) is 8.54. The summed E-state index contributed by atoms with van der Waals surface area (Å²) < 4.78 is 20.0. The van der Waals surface area contributed by atoms with Gasteiger partial charge in [0.05, 0.1) is 23.4 Å². The largest absolute Gasteiger partial charge is 0.491 e. The lowest BCUT2D eigenvalue weighted by atomic mass is 9.75. The van der Waals surface area contributed by atoms with Crippen LogP contribution in [-0.2, 0) is 0 Å². The highest BCUT2D eigenvalue weighted by Gasteiger charge is 2.29. The normalized spacial score (nSPS) is 20.6. The molecule has 1 saturated carbocycles. The number of pyridine rings is 1.